The molecule has 1 saturated heterocycles. The van der Waals surface area contributed by atoms with Crippen LogP contribution in [0.3, 0.4) is 0 Å². The maximum atomic E-state index is 11.9. The van der Waals surface area contributed by atoms with Crippen LogP contribution in [0.2, 0.25) is 5.02 Å². The molecule has 0 radical (unpaired) electrons. The zero-order chi connectivity index (χ0) is 13.1. The molecular weight excluding hydrogens is 252 g/mol. The molecule has 4 nitrogen and oxygen atoms in total. The first-order chi connectivity index (χ1) is 8.56. The van der Waals surface area contributed by atoms with E-state index in [0.29, 0.717) is 22.8 Å². The van der Waals surface area contributed by atoms with Gasteiger partial charge < -0.3 is 10.6 Å². The molecule has 94 valence electrons. The number of nitrogens with one attached hydrogen (secondary N) is 2. The van der Waals surface area contributed by atoms with E-state index in [4.69, 9.17) is 11.6 Å². The number of carbonyl (C=O) groups is 2. The topological polar surface area (TPSA) is 58.2 Å². The van der Waals surface area contributed by atoms with Crippen LogP contribution in [0.15, 0.2) is 36.0 Å². The molecule has 1 amide bonds. The lowest BCUT2D eigenvalue weighted by Crippen LogP contribution is -2.49. The van der Waals surface area contributed by atoms with Crippen LogP contribution in [0.4, 0.5) is 0 Å². The van der Waals surface area contributed by atoms with E-state index >= 15 is 0 Å². The Bertz CT molecular complexity index is 508. The average molecular weight is 265 g/mol. The Kier molecular flexibility index (Phi) is 3.67. The highest BCUT2D eigenvalue weighted by Crippen LogP contribution is 2.11. The molecule has 0 bridgehead atoms. The highest BCUT2D eigenvalue weighted by Gasteiger charge is 2.19. The number of allylic oxidation sites excluding steroid dienone is 1. The third kappa shape index (κ3) is 2.90. The second kappa shape index (κ2) is 5.23. The number of benzene rings is 1. The molecule has 18 heavy (non-hydrogen) atoms. The minimum absolute atomic E-state index is 0.0697. The van der Waals surface area contributed by atoms with Crippen molar-refractivity contribution in [2.75, 3.05) is 6.54 Å². The molecule has 1 aromatic carbocycles. The zero-order valence-corrected chi connectivity index (χ0v) is 10.6. The van der Waals surface area contributed by atoms with Crippen LogP contribution in [0.25, 0.3) is 0 Å². The fourth-order valence-corrected chi connectivity index (χ4v) is 1.77. The van der Waals surface area contributed by atoms with Crippen molar-refractivity contribution in [1.29, 1.82) is 0 Å². The summed E-state index contributed by atoms with van der Waals surface area (Å²) < 4.78 is 0. The Morgan fingerprint density at radius 3 is 2.67 bits per heavy atom. The molecule has 1 atom stereocenters. The van der Waals surface area contributed by atoms with Crippen LogP contribution in [-0.4, -0.2) is 24.3 Å². The molecule has 0 unspecified atom stereocenters. The van der Waals surface area contributed by atoms with E-state index in [-0.39, 0.29) is 17.7 Å². The minimum atomic E-state index is -0.254. The summed E-state index contributed by atoms with van der Waals surface area (Å²) in [6.45, 7) is 2.51. The fourth-order valence-electron chi connectivity index (χ4n) is 1.64. The van der Waals surface area contributed by atoms with E-state index in [0.717, 1.165) is 0 Å². The first-order valence-electron chi connectivity index (χ1n) is 5.62. The molecular formula is C13H13ClN2O2. The SMILES string of the molecule is C[C@H]1CNC(=CC(=O)c2ccc(Cl)cc2)C(=O)N1. The van der Waals surface area contributed by atoms with Crippen molar-refractivity contribution in [1.82, 2.24) is 10.6 Å². The molecule has 0 spiro atoms. The molecule has 0 aromatic heterocycles. The predicted molar refractivity (Wildman–Crippen MR) is 69.5 cm³/mol. The van der Waals surface area contributed by atoms with Gasteiger partial charge in [-0.05, 0) is 31.2 Å². The van der Waals surface area contributed by atoms with E-state index in [1.807, 2.05) is 6.92 Å². The second-order valence-corrected chi connectivity index (χ2v) is 4.62. The minimum Gasteiger partial charge on any atom is -0.378 e. The molecule has 1 aromatic rings. The molecule has 0 aliphatic carbocycles. The lowest BCUT2D eigenvalue weighted by molar-refractivity contribution is -0.119. The molecule has 5 heteroatoms. The van der Waals surface area contributed by atoms with Crippen molar-refractivity contribution in [3.8, 4) is 0 Å². The number of rotatable bonds is 2. The van der Waals surface area contributed by atoms with E-state index in [1.165, 1.54) is 6.08 Å². The third-order valence-electron chi connectivity index (χ3n) is 2.62. The number of halogens is 1. The van der Waals surface area contributed by atoms with Gasteiger partial charge in [0.2, 0.25) is 0 Å². The number of ketones is 1. The van der Waals surface area contributed by atoms with E-state index in [9.17, 15) is 9.59 Å². The smallest absolute Gasteiger partial charge is 0.267 e. The van der Waals surface area contributed by atoms with Crippen molar-refractivity contribution >= 4 is 23.3 Å². The first-order valence-corrected chi connectivity index (χ1v) is 6.00. The maximum Gasteiger partial charge on any atom is 0.267 e. The van der Waals surface area contributed by atoms with Crippen LogP contribution >= 0.6 is 11.6 Å². The second-order valence-electron chi connectivity index (χ2n) is 4.18. The summed E-state index contributed by atoms with van der Waals surface area (Å²) in [5.74, 6) is -0.477. The Balaban J connectivity index is 2.15. The molecule has 0 saturated carbocycles. The van der Waals surface area contributed by atoms with Gasteiger partial charge in [-0.1, -0.05) is 11.6 Å². The summed E-state index contributed by atoms with van der Waals surface area (Å²) in [4.78, 5) is 23.5. The first kappa shape index (κ1) is 12.6. The van der Waals surface area contributed by atoms with Gasteiger partial charge in [-0.15, -0.1) is 0 Å². The summed E-state index contributed by atoms with van der Waals surface area (Å²) in [5.41, 5.74) is 0.799. The monoisotopic (exact) mass is 264 g/mol. The summed E-state index contributed by atoms with van der Waals surface area (Å²) in [7, 11) is 0. The molecule has 2 N–H and O–H groups in total. The van der Waals surface area contributed by atoms with Crippen LogP contribution in [0.1, 0.15) is 17.3 Å². The van der Waals surface area contributed by atoms with Crippen molar-refractivity contribution in [3.63, 3.8) is 0 Å². The largest absolute Gasteiger partial charge is 0.378 e. The number of hydrogen-bond acceptors (Lipinski definition) is 3. The van der Waals surface area contributed by atoms with Gasteiger partial charge in [0.1, 0.15) is 5.70 Å². The van der Waals surface area contributed by atoms with Crippen LogP contribution in [0.5, 0.6) is 0 Å². The quantitative estimate of drug-likeness (QED) is 0.629. The number of piperazine rings is 1. The lowest BCUT2D eigenvalue weighted by Gasteiger charge is -2.23. The Labute approximate surface area is 110 Å². The summed E-state index contributed by atoms with van der Waals surface area (Å²) in [6, 6.07) is 6.61. The lowest BCUT2D eigenvalue weighted by atomic mass is 10.1. The zero-order valence-electron chi connectivity index (χ0n) is 9.87. The van der Waals surface area contributed by atoms with Crippen molar-refractivity contribution in [2.45, 2.75) is 13.0 Å². The van der Waals surface area contributed by atoms with Crippen molar-refractivity contribution in [3.05, 3.63) is 46.6 Å². The highest BCUT2D eigenvalue weighted by molar-refractivity contribution is 6.30. The third-order valence-corrected chi connectivity index (χ3v) is 2.88. The van der Waals surface area contributed by atoms with Crippen LogP contribution < -0.4 is 10.6 Å². The number of hydrogen-bond donors (Lipinski definition) is 2. The molecule has 1 heterocycles. The maximum absolute atomic E-state index is 11.9. The average Bonchev–Trinajstić information content (AvgIpc) is 2.33. The Morgan fingerprint density at radius 2 is 2.06 bits per heavy atom. The van der Waals surface area contributed by atoms with Gasteiger partial charge in [0.05, 0.1) is 0 Å². The number of amides is 1. The van der Waals surface area contributed by atoms with Gasteiger partial charge in [-0.3, -0.25) is 9.59 Å². The van der Waals surface area contributed by atoms with Crippen LogP contribution in [0, 0.1) is 0 Å². The summed E-state index contributed by atoms with van der Waals surface area (Å²) >= 11 is 5.74. The Hall–Kier alpha value is -1.81. The van der Waals surface area contributed by atoms with Gasteiger partial charge >= 0.3 is 0 Å². The van der Waals surface area contributed by atoms with E-state index < -0.39 is 0 Å². The highest BCUT2D eigenvalue weighted by atomic mass is 35.5. The van der Waals surface area contributed by atoms with E-state index in [1.54, 1.807) is 24.3 Å². The summed E-state index contributed by atoms with van der Waals surface area (Å²) in [6.07, 6.45) is 1.31. The Morgan fingerprint density at radius 1 is 1.39 bits per heavy atom. The van der Waals surface area contributed by atoms with Gasteiger partial charge in [0.25, 0.3) is 5.91 Å². The standard InChI is InChI=1S/C13H13ClN2O2/c1-8-7-15-11(13(18)16-8)6-12(17)9-2-4-10(14)5-3-9/h2-6,8,15H,7H2,1H3,(H,16,18)/t8-/m0/s1. The predicted octanol–water partition coefficient (Wildman–Crippen LogP) is 1.51. The van der Waals surface area contributed by atoms with Gasteiger partial charge in [-0.2, -0.15) is 0 Å². The van der Waals surface area contributed by atoms with Gasteiger partial charge in [-0.25, -0.2) is 0 Å². The summed E-state index contributed by atoms with van der Waals surface area (Å²) in [5, 5.41) is 6.26. The van der Waals surface area contributed by atoms with Crippen molar-refractivity contribution in [2.24, 2.45) is 0 Å². The van der Waals surface area contributed by atoms with Crippen LogP contribution in [-0.2, 0) is 4.79 Å². The van der Waals surface area contributed by atoms with Gasteiger partial charge in [0.15, 0.2) is 5.78 Å². The molecule has 1 fully saturated rings. The van der Waals surface area contributed by atoms with Crippen molar-refractivity contribution < 1.29 is 9.59 Å². The molecule has 1 aliphatic heterocycles. The normalized spacial score (nSPS) is 21.3. The van der Waals surface area contributed by atoms with Gasteiger partial charge in [0, 0.05) is 29.2 Å². The number of carbonyl (C=O) groups excluding carboxylic acids is 2. The van der Waals surface area contributed by atoms with E-state index in [2.05, 4.69) is 10.6 Å². The molecule has 2 rings (SSSR count). The fraction of sp³-hybridized carbons (Fsp3) is 0.231. The molecule has 1 aliphatic rings.